The molecule has 0 radical (unpaired) electrons. The van der Waals surface area contributed by atoms with Crippen molar-refractivity contribution in [3.05, 3.63) is 59.7 Å². The number of fused-ring (bicyclic) bond motifs is 1. The van der Waals surface area contributed by atoms with Crippen LogP contribution in [0.1, 0.15) is 30.0 Å². The standard InChI is InChI=1S/C24H31N3O2/c1-25(23-9-5-7-19-6-3-4-8-22(19)23)18-24(28)27-16-14-26(15-17-27)20-10-12-21(29-2)13-11-20/h3-4,6,8,10-13,23H,5,7,9,14-18H2,1-2H3/t23-/m0/s1. The lowest BCUT2D eigenvalue weighted by Crippen LogP contribution is -2.51. The fourth-order valence-corrected chi connectivity index (χ4v) is 4.62. The van der Waals surface area contributed by atoms with E-state index in [0.717, 1.165) is 44.8 Å². The second kappa shape index (κ2) is 8.87. The van der Waals surface area contributed by atoms with Crippen molar-refractivity contribution in [2.75, 3.05) is 51.8 Å². The van der Waals surface area contributed by atoms with Gasteiger partial charge in [0, 0.05) is 37.9 Å². The number of hydrogen-bond acceptors (Lipinski definition) is 4. The van der Waals surface area contributed by atoms with Crippen molar-refractivity contribution in [3.63, 3.8) is 0 Å². The van der Waals surface area contributed by atoms with Crippen LogP contribution in [0.15, 0.2) is 48.5 Å². The molecule has 0 unspecified atom stereocenters. The zero-order valence-electron chi connectivity index (χ0n) is 17.5. The predicted octanol–water partition coefficient (Wildman–Crippen LogP) is 3.35. The normalized spacial score (nSPS) is 19.2. The summed E-state index contributed by atoms with van der Waals surface area (Å²) in [6, 6.07) is 17.2. The van der Waals surface area contributed by atoms with E-state index >= 15 is 0 Å². The minimum absolute atomic E-state index is 0.241. The van der Waals surface area contributed by atoms with E-state index in [1.807, 2.05) is 17.0 Å². The molecule has 2 aromatic rings. The van der Waals surface area contributed by atoms with Crippen LogP contribution in [0.5, 0.6) is 5.75 Å². The first kappa shape index (κ1) is 19.8. The molecule has 0 N–H and O–H groups in total. The first-order valence-corrected chi connectivity index (χ1v) is 10.6. The van der Waals surface area contributed by atoms with Crippen LogP contribution in [0.2, 0.25) is 0 Å². The molecule has 29 heavy (non-hydrogen) atoms. The lowest BCUT2D eigenvalue weighted by Gasteiger charge is -2.38. The van der Waals surface area contributed by atoms with Gasteiger partial charge in [0.1, 0.15) is 5.75 Å². The fourth-order valence-electron chi connectivity index (χ4n) is 4.62. The molecule has 0 saturated carbocycles. The summed E-state index contributed by atoms with van der Waals surface area (Å²) < 4.78 is 5.24. The highest BCUT2D eigenvalue weighted by molar-refractivity contribution is 5.78. The lowest BCUT2D eigenvalue weighted by atomic mass is 9.87. The number of methoxy groups -OCH3 is 1. The van der Waals surface area contributed by atoms with Gasteiger partial charge in [-0.25, -0.2) is 0 Å². The molecule has 1 fully saturated rings. The zero-order valence-corrected chi connectivity index (χ0v) is 17.5. The van der Waals surface area contributed by atoms with E-state index in [4.69, 9.17) is 4.74 Å². The summed E-state index contributed by atoms with van der Waals surface area (Å²) in [6.45, 7) is 3.78. The number of aryl methyl sites for hydroxylation is 1. The molecule has 5 heteroatoms. The van der Waals surface area contributed by atoms with Gasteiger partial charge in [0.05, 0.1) is 13.7 Å². The van der Waals surface area contributed by atoms with Gasteiger partial charge >= 0.3 is 0 Å². The molecule has 4 rings (SSSR count). The van der Waals surface area contributed by atoms with E-state index in [1.54, 1.807) is 7.11 Å². The summed E-state index contributed by atoms with van der Waals surface area (Å²) in [6.07, 6.45) is 3.48. The topological polar surface area (TPSA) is 36.0 Å². The van der Waals surface area contributed by atoms with Gasteiger partial charge in [-0.15, -0.1) is 0 Å². The van der Waals surface area contributed by atoms with Gasteiger partial charge in [-0.05, 0) is 61.7 Å². The quantitative estimate of drug-likeness (QED) is 0.781. The fraction of sp³-hybridized carbons (Fsp3) is 0.458. The van der Waals surface area contributed by atoms with Crippen LogP contribution in [0.4, 0.5) is 5.69 Å². The van der Waals surface area contributed by atoms with Crippen LogP contribution >= 0.6 is 0 Å². The Morgan fingerprint density at radius 2 is 1.79 bits per heavy atom. The Morgan fingerprint density at radius 3 is 2.52 bits per heavy atom. The molecule has 0 bridgehead atoms. The van der Waals surface area contributed by atoms with Crippen molar-refractivity contribution >= 4 is 11.6 Å². The minimum Gasteiger partial charge on any atom is -0.497 e. The summed E-state index contributed by atoms with van der Waals surface area (Å²) in [7, 11) is 3.78. The van der Waals surface area contributed by atoms with Gasteiger partial charge in [-0.2, -0.15) is 0 Å². The van der Waals surface area contributed by atoms with Crippen LogP contribution in [0.3, 0.4) is 0 Å². The van der Waals surface area contributed by atoms with E-state index in [0.29, 0.717) is 12.6 Å². The Labute approximate surface area is 173 Å². The number of hydrogen-bond donors (Lipinski definition) is 0. The van der Waals surface area contributed by atoms with E-state index in [9.17, 15) is 4.79 Å². The Bertz CT molecular complexity index is 828. The van der Waals surface area contributed by atoms with Gasteiger partial charge in [0.2, 0.25) is 5.91 Å². The highest BCUT2D eigenvalue weighted by atomic mass is 16.5. The van der Waals surface area contributed by atoms with Gasteiger partial charge in [0.15, 0.2) is 0 Å². The maximum Gasteiger partial charge on any atom is 0.236 e. The number of piperazine rings is 1. The average Bonchev–Trinajstić information content (AvgIpc) is 2.78. The molecule has 1 saturated heterocycles. The molecule has 0 spiro atoms. The SMILES string of the molecule is COc1ccc(N2CCN(C(=O)CN(C)[C@H]3CCCc4ccccc43)CC2)cc1. The summed E-state index contributed by atoms with van der Waals surface area (Å²) in [5.41, 5.74) is 4.03. The molecule has 154 valence electrons. The molecule has 1 aliphatic carbocycles. The molecular formula is C24H31N3O2. The highest BCUT2D eigenvalue weighted by Gasteiger charge is 2.27. The zero-order chi connectivity index (χ0) is 20.2. The number of carbonyl (C=O) groups excluding carboxylic acids is 1. The van der Waals surface area contributed by atoms with Crippen molar-refractivity contribution in [3.8, 4) is 5.75 Å². The first-order chi connectivity index (χ1) is 14.2. The smallest absolute Gasteiger partial charge is 0.236 e. The van der Waals surface area contributed by atoms with Crippen molar-refractivity contribution in [2.24, 2.45) is 0 Å². The number of rotatable bonds is 5. The molecule has 1 atom stereocenters. The number of likely N-dealkylation sites (N-methyl/N-ethyl adjacent to an activating group) is 1. The third-order valence-electron chi connectivity index (χ3n) is 6.32. The lowest BCUT2D eigenvalue weighted by molar-refractivity contribution is -0.133. The molecule has 1 amide bonds. The van der Waals surface area contributed by atoms with Crippen LogP contribution in [-0.4, -0.2) is 62.6 Å². The molecule has 1 aliphatic heterocycles. The Balaban J connectivity index is 1.32. The Kier molecular flexibility index (Phi) is 6.05. The third-order valence-corrected chi connectivity index (χ3v) is 6.32. The number of benzene rings is 2. The van der Waals surface area contributed by atoms with Crippen molar-refractivity contribution < 1.29 is 9.53 Å². The predicted molar refractivity (Wildman–Crippen MR) is 117 cm³/mol. The number of anilines is 1. The second-order valence-corrected chi connectivity index (χ2v) is 8.09. The molecule has 2 aromatic carbocycles. The Hall–Kier alpha value is -2.53. The van der Waals surface area contributed by atoms with Crippen molar-refractivity contribution in [2.45, 2.75) is 25.3 Å². The van der Waals surface area contributed by atoms with Crippen LogP contribution in [0, 0.1) is 0 Å². The molecular weight excluding hydrogens is 362 g/mol. The molecule has 5 nitrogen and oxygen atoms in total. The average molecular weight is 394 g/mol. The van der Waals surface area contributed by atoms with E-state index < -0.39 is 0 Å². The molecule has 1 heterocycles. The summed E-state index contributed by atoms with van der Waals surface area (Å²) in [5.74, 6) is 1.11. The Morgan fingerprint density at radius 1 is 1.07 bits per heavy atom. The summed E-state index contributed by atoms with van der Waals surface area (Å²) >= 11 is 0. The van der Waals surface area contributed by atoms with E-state index in [-0.39, 0.29) is 5.91 Å². The van der Waals surface area contributed by atoms with Gasteiger partial charge < -0.3 is 14.5 Å². The molecule has 0 aromatic heterocycles. The number of ether oxygens (including phenoxy) is 1. The second-order valence-electron chi connectivity index (χ2n) is 8.09. The number of nitrogens with zero attached hydrogens (tertiary/aromatic N) is 3. The summed E-state index contributed by atoms with van der Waals surface area (Å²) in [5, 5.41) is 0. The number of amides is 1. The van der Waals surface area contributed by atoms with Crippen molar-refractivity contribution in [1.29, 1.82) is 0 Å². The van der Waals surface area contributed by atoms with Gasteiger partial charge in [0.25, 0.3) is 0 Å². The molecule has 2 aliphatic rings. The van der Waals surface area contributed by atoms with E-state index in [1.165, 1.54) is 23.2 Å². The maximum absolute atomic E-state index is 12.9. The highest BCUT2D eigenvalue weighted by Crippen LogP contribution is 2.33. The van der Waals surface area contributed by atoms with Crippen LogP contribution < -0.4 is 9.64 Å². The monoisotopic (exact) mass is 393 g/mol. The largest absolute Gasteiger partial charge is 0.497 e. The van der Waals surface area contributed by atoms with E-state index in [2.05, 4.69) is 53.2 Å². The first-order valence-electron chi connectivity index (χ1n) is 10.6. The number of carbonyl (C=O) groups is 1. The minimum atomic E-state index is 0.241. The van der Waals surface area contributed by atoms with Crippen molar-refractivity contribution in [1.82, 2.24) is 9.80 Å². The van der Waals surface area contributed by atoms with Gasteiger partial charge in [-0.1, -0.05) is 24.3 Å². The van der Waals surface area contributed by atoms with Crippen LogP contribution in [0.25, 0.3) is 0 Å². The van der Waals surface area contributed by atoms with Crippen LogP contribution in [-0.2, 0) is 11.2 Å². The van der Waals surface area contributed by atoms with Gasteiger partial charge in [-0.3, -0.25) is 9.69 Å². The maximum atomic E-state index is 12.9. The third kappa shape index (κ3) is 4.40. The summed E-state index contributed by atoms with van der Waals surface area (Å²) in [4.78, 5) is 19.5.